The highest BCUT2D eigenvalue weighted by atomic mass is 16.7. The van der Waals surface area contributed by atoms with Crippen molar-refractivity contribution in [3.8, 4) is 11.4 Å². The van der Waals surface area contributed by atoms with Crippen molar-refractivity contribution in [1.82, 2.24) is 9.97 Å². The summed E-state index contributed by atoms with van der Waals surface area (Å²) >= 11 is 0. The first kappa shape index (κ1) is 19.0. The van der Waals surface area contributed by atoms with Crippen LogP contribution in [0.3, 0.4) is 0 Å². The van der Waals surface area contributed by atoms with E-state index in [0.29, 0.717) is 5.82 Å². The van der Waals surface area contributed by atoms with Crippen molar-refractivity contribution in [3.05, 3.63) is 42.2 Å². The first-order valence-electron chi connectivity index (χ1n) is 8.90. The second-order valence-electron chi connectivity index (χ2n) is 8.19. The van der Waals surface area contributed by atoms with Crippen molar-refractivity contribution in [3.63, 3.8) is 0 Å². The van der Waals surface area contributed by atoms with E-state index in [4.69, 9.17) is 19.0 Å². The van der Waals surface area contributed by atoms with Crippen LogP contribution in [0.15, 0.2) is 36.5 Å². The molecular formula is C20H27BN2O3. The third-order valence-corrected chi connectivity index (χ3v) is 5.45. The molecule has 0 aliphatic carbocycles. The Bertz CT molecular complexity index is 789. The lowest BCUT2D eigenvalue weighted by Gasteiger charge is -2.32. The zero-order valence-corrected chi connectivity index (χ0v) is 16.7. The van der Waals surface area contributed by atoms with Crippen molar-refractivity contribution in [1.29, 1.82) is 0 Å². The normalized spacial score (nSPS) is 19.0. The predicted octanol–water partition coefficient (Wildman–Crippen LogP) is 3.32. The van der Waals surface area contributed by atoms with Gasteiger partial charge in [0, 0.05) is 18.9 Å². The topological polar surface area (TPSA) is 53.5 Å². The van der Waals surface area contributed by atoms with Crippen LogP contribution in [0.4, 0.5) is 0 Å². The lowest BCUT2D eigenvalue weighted by molar-refractivity contribution is 0.00578. The third kappa shape index (κ3) is 3.41. The average Bonchev–Trinajstić information content (AvgIpc) is 2.83. The molecule has 1 aliphatic rings. The van der Waals surface area contributed by atoms with Crippen molar-refractivity contribution in [2.75, 3.05) is 7.11 Å². The second-order valence-corrected chi connectivity index (χ2v) is 8.19. The maximum Gasteiger partial charge on any atom is 0.494 e. The predicted molar refractivity (Wildman–Crippen MR) is 103 cm³/mol. The molecule has 2 aromatic rings. The summed E-state index contributed by atoms with van der Waals surface area (Å²) in [5.74, 6) is 0.658. The van der Waals surface area contributed by atoms with E-state index in [-0.39, 0.29) is 11.2 Å². The Morgan fingerprint density at radius 2 is 1.69 bits per heavy atom. The number of rotatable bonds is 4. The van der Waals surface area contributed by atoms with E-state index in [1.807, 2.05) is 44.2 Å². The Morgan fingerprint density at radius 3 is 2.31 bits per heavy atom. The first-order valence-corrected chi connectivity index (χ1v) is 8.90. The van der Waals surface area contributed by atoms with Crippen LogP contribution < -0.4 is 5.46 Å². The van der Waals surface area contributed by atoms with Gasteiger partial charge in [0.2, 0.25) is 0 Å². The third-order valence-electron chi connectivity index (χ3n) is 5.45. The van der Waals surface area contributed by atoms with Crippen LogP contribution >= 0.6 is 0 Å². The van der Waals surface area contributed by atoms with Crippen LogP contribution in [0.2, 0.25) is 0 Å². The monoisotopic (exact) mass is 354 g/mol. The molecule has 0 N–H and O–H groups in total. The van der Waals surface area contributed by atoms with Crippen LogP contribution in [0.5, 0.6) is 0 Å². The molecule has 1 aromatic heterocycles. The quantitative estimate of drug-likeness (QED) is 0.789. The summed E-state index contributed by atoms with van der Waals surface area (Å²) in [5.41, 5.74) is 1.51. The molecule has 5 nitrogen and oxygen atoms in total. The van der Waals surface area contributed by atoms with Crippen LogP contribution in [0.25, 0.3) is 11.4 Å². The van der Waals surface area contributed by atoms with Gasteiger partial charge < -0.3 is 14.0 Å². The maximum atomic E-state index is 6.15. The lowest BCUT2D eigenvalue weighted by Crippen LogP contribution is -2.41. The van der Waals surface area contributed by atoms with Crippen LogP contribution in [-0.2, 0) is 19.6 Å². The molecule has 26 heavy (non-hydrogen) atoms. The summed E-state index contributed by atoms with van der Waals surface area (Å²) in [6.45, 7) is 12.2. The van der Waals surface area contributed by atoms with Gasteiger partial charge in [-0.25, -0.2) is 9.97 Å². The first-order chi connectivity index (χ1) is 12.1. The minimum Gasteiger partial charge on any atom is -0.399 e. The van der Waals surface area contributed by atoms with Crippen molar-refractivity contribution in [2.45, 2.75) is 58.3 Å². The highest BCUT2D eigenvalue weighted by Crippen LogP contribution is 2.36. The standard InChI is InChI=1S/C20H27BN2O3/c1-18(2,24-7)16-11-12-22-17(23-16)14-9-8-10-15(13-14)21-25-19(3,4)20(5,6)26-21/h8-13H,1-7H3. The zero-order chi connectivity index (χ0) is 19.2. The van der Waals surface area contributed by atoms with E-state index < -0.39 is 12.7 Å². The maximum absolute atomic E-state index is 6.15. The van der Waals surface area contributed by atoms with Crippen molar-refractivity contribution >= 4 is 12.6 Å². The van der Waals surface area contributed by atoms with Gasteiger partial charge in [-0.15, -0.1) is 0 Å². The van der Waals surface area contributed by atoms with Gasteiger partial charge in [-0.05, 0) is 53.1 Å². The Labute approximate surface area is 156 Å². The van der Waals surface area contributed by atoms with Crippen molar-refractivity contribution < 1.29 is 14.0 Å². The molecule has 1 aromatic carbocycles. The fourth-order valence-corrected chi connectivity index (χ4v) is 2.74. The van der Waals surface area contributed by atoms with Gasteiger partial charge in [-0.3, -0.25) is 0 Å². The number of hydrogen-bond donors (Lipinski definition) is 0. The number of benzene rings is 1. The molecule has 6 heteroatoms. The highest BCUT2D eigenvalue weighted by Gasteiger charge is 2.51. The van der Waals surface area contributed by atoms with Gasteiger partial charge in [0.25, 0.3) is 0 Å². The van der Waals surface area contributed by atoms with Gasteiger partial charge in [-0.2, -0.15) is 0 Å². The van der Waals surface area contributed by atoms with E-state index in [9.17, 15) is 0 Å². The van der Waals surface area contributed by atoms with Crippen molar-refractivity contribution in [2.24, 2.45) is 0 Å². The number of ether oxygens (including phenoxy) is 1. The van der Waals surface area contributed by atoms with Gasteiger partial charge in [0.15, 0.2) is 5.82 Å². The van der Waals surface area contributed by atoms with Gasteiger partial charge in [0.1, 0.15) is 5.60 Å². The van der Waals surface area contributed by atoms with Gasteiger partial charge >= 0.3 is 7.12 Å². The molecule has 1 aliphatic heterocycles. The summed E-state index contributed by atoms with van der Waals surface area (Å²) in [5, 5.41) is 0. The molecule has 0 radical (unpaired) electrons. The number of aromatic nitrogens is 2. The zero-order valence-electron chi connectivity index (χ0n) is 16.7. The lowest BCUT2D eigenvalue weighted by atomic mass is 9.78. The van der Waals surface area contributed by atoms with Crippen LogP contribution in [0.1, 0.15) is 47.2 Å². The SMILES string of the molecule is COC(C)(C)c1ccnc(-c2cccc(B3OC(C)(C)C(C)(C)O3)c2)n1. The van der Waals surface area contributed by atoms with Gasteiger partial charge in [0.05, 0.1) is 16.9 Å². The van der Waals surface area contributed by atoms with E-state index in [1.54, 1.807) is 13.3 Å². The largest absolute Gasteiger partial charge is 0.494 e. The van der Waals surface area contributed by atoms with Crippen LogP contribution in [-0.4, -0.2) is 35.4 Å². The number of hydrogen-bond acceptors (Lipinski definition) is 5. The van der Waals surface area contributed by atoms with Crippen LogP contribution in [0, 0.1) is 0 Å². The summed E-state index contributed by atoms with van der Waals surface area (Å²) < 4.78 is 17.8. The molecule has 3 rings (SSSR count). The molecule has 0 saturated carbocycles. The summed E-state index contributed by atoms with van der Waals surface area (Å²) in [7, 11) is 1.28. The molecule has 0 amide bonds. The molecule has 1 fully saturated rings. The van der Waals surface area contributed by atoms with E-state index in [0.717, 1.165) is 16.7 Å². The molecule has 138 valence electrons. The summed E-state index contributed by atoms with van der Waals surface area (Å²) in [6.07, 6.45) is 1.76. The van der Waals surface area contributed by atoms with E-state index in [1.165, 1.54) is 0 Å². The average molecular weight is 354 g/mol. The minimum atomic E-state index is -0.471. The van der Waals surface area contributed by atoms with Gasteiger partial charge in [-0.1, -0.05) is 24.3 Å². The number of methoxy groups -OCH3 is 1. The Morgan fingerprint density at radius 1 is 1.04 bits per heavy atom. The Balaban J connectivity index is 1.93. The highest BCUT2D eigenvalue weighted by molar-refractivity contribution is 6.62. The van der Waals surface area contributed by atoms with E-state index in [2.05, 4.69) is 32.7 Å². The number of nitrogens with zero attached hydrogens (tertiary/aromatic N) is 2. The fraction of sp³-hybridized carbons (Fsp3) is 0.500. The van der Waals surface area contributed by atoms with E-state index >= 15 is 0 Å². The molecule has 1 saturated heterocycles. The Hall–Kier alpha value is -1.76. The molecule has 0 bridgehead atoms. The summed E-state index contributed by atoms with van der Waals surface area (Å²) in [4.78, 5) is 9.13. The molecule has 0 atom stereocenters. The smallest absolute Gasteiger partial charge is 0.399 e. The fourth-order valence-electron chi connectivity index (χ4n) is 2.74. The second kappa shape index (κ2) is 6.45. The molecule has 0 spiro atoms. The molecule has 2 heterocycles. The summed E-state index contributed by atoms with van der Waals surface area (Å²) in [6, 6.07) is 9.89. The molecular weight excluding hydrogens is 327 g/mol. The minimum absolute atomic E-state index is 0.368. The Kier molecular flexibility index (Phi) is 4.71. The molecule has 0 unspecified atom stereocenters.